The molecule has 0 fully saturated rings. The van der Waals surface area contributed by atoms with Crippen molar-refractivity contribution in [3.8, 4) is 5.69 Å². The third kappa shape index (κ3) is 3.68. The van der Waals surface area contributed by atoms with Crippen LogP contribution in [0.4, 0.5) is 18.9 Å². The fraction of sp³-hybridized carbons (Fsp3) is 0.105. The summed E-state index contributed by atoms with van der Waals surface area (Å²) >= 11 is 5.79. The molecule has 6 nitrogen and oxygen atoms in total. The Morgan fingerprint density at radius 2 is 1.90 bits per heavy atom. The Kier molecular flexibility index (Phi) is 4.54. The van der Waals surface area contributed by atoms with Crippen molar-refractivity contribution >= 4 is 34.3 Å². The summed E-state index contributed by atoms with van der Waals surface area (Å²) in [5.41, 5.74) is -0.400. The molecule has 29 heavy (non-hydrogen) atoms. The van der Waals surface area contributed by atoms with Gasteiger partial charge in [0.25, 0.3) is 5.91 Å². The summed E-state index contributed by atoms with van der Waals surface area (Å²) < 4.78 is 47.2. The number of aromatic nitrogens is 3. The van der Waals surface area contributed by atoms with Crippen LogP contribution in [-0.4, -0.2) is 20.7 Å². The number of nitrogens with one attached hydrogen (secondary N) is 1. The van der Waals surface area contributed by atoms with E-state index in [1.807, 2.05) is 0 Å². The first-order valence-corrected chi connectivity index (χ1v) is 8.70. The van der Waals surface area contributed by atoms with Crippen LogP contribution in [0.2, 0.25) is 5.02 Å². The molecule has 0 aliphatic carbocycles. The lowest BCUT2D eigenvalue weighted by Crippen LogP contribution is -2.20. The van der Waals surface area contributed by atoms with E-state index in [1.54, 1.807) is 13.0 Å². The van der Waals surface area contributed by atoms with Gasteiger partial charge in [-0.1, -0.05) is 11.6 Å². The maximum absolute atomic E-state index is 13.7. The number of carbonyl (C=O) groups is 1. The summed E-state index contributed by atoms with van der Waals surface area (Å²) in [6.07, 6.45) is -3.93. The Balaban J connectivity index is 1.71. The second-order valence-corrected chi connectivity index (χ2v) is 6.60. The minimum Gasteiger partial charge on any atom is -0.441 e. The Bertz CT molecular complexity index is 1210. The Morgan fingerprint density at radius 3 is 2.59 bits per heavy atom. The second kappa shape index (κ2) is 6.93. The molecule has 0 spiro atoms. The van der Waals surface area contributed by atoms with E-state index in [1.165, 1.54) is 36.4 Å². The van der Waals surface area contributed by atoms with Crippen molar-refractivity contribution in [1.82, 2.24) is 14.8 Å². The highest BCUT2D eigenvalue weighted by Gasteiger charge is 2.40. The maximum Gasteiger partial charge on any atom is 0.434 e. The number of alkyl halides is 3. The third-order valence-electron chi connectivity index (χ3n) is 4.11. The molecule has 10 heteroatoms. The largest absolute Gasteiger partial charge is 0.441 e. The van der Waals surface area contributed by atoms with E-state index in [-0.39, 0.29) is 11.4 Å². The van der Waals surface area contributed by atoms with Crippen LogP contribution in [0.25, 0.3) is 16.8 Å². The average Bonchev–Trinajstić information content (AvgIpc) is 3.24. The number of halogens is 4. The normalized spacial score (nSPS) is 11.8. The number of anilines is 1. The lowest BCUT2D eigenvalue weighted by Gasteiger charge is -2.13. The molecule has 4 aromatic rings. The van der Waals surface area contributed by atoms with Gasteiger partial charge in [0, 0.05) is 17.6 Å². The summed E-state index contributed by atoms with van der Waals surface area (Å²) in [6, 6.07) is 10.2. The lowest BCUT2D eigenvalue weighted by molar-refractivity contribution is -0.143. The van der Waals surface area contributed by atoms with Gasteiger partial charge >= 0.3 is 6.18 Å². The van der Waals surface area contributed by atoms with Crippen LogP contribution in [0.3, 0.4) is 0 Å². The van der Waals surface area contributed by atoms with Crippen molar-refractivity contribution < 1.29 is 22.4 Å². The number of rotatable bonds is 3. The molecule has 2 aromatic heterocycles. The molecule has 4 rings (SSSR count). The summed E-state index contributed by atoms with van der Waals surface area (Å²) in [6.45, 7) is 1.67. The van der Waals surface area contributed by atoms with Gasteiger partial charge < -0.3 is 9.73 Å². The number of oxazole rings is 1. The average molecular weight is 421 g/mol. The first kappa shape index (κ1) is 19.0. The smallest absolute Gasteiger partial charge is 0.434 e. The molecule has 0 atom stereocenters. The highest BCUT2D eigenvalue weighted by molar-refractivity contribution is 6.30. The SMILES string of the molecule is Cc1nc2cc(NC(=O)c3cnn(-c4ccc(Cl)cc4)c3C(F)(F)F)ccc2o1. The van der Waals surface area contributed by atoms with Crippen LogP contribution in [0, 0.1) is 6.92 Å². The number of amides is 1. The molecular weight excluding hydrogens is 409 g/mol. The first-order valence-electron chi connectivity index (χ1n) is 8.32. The van der Waals surface area contributed by atoms with E-state index in [2.05, 4.69) is 15.4 Å². The van der Waals surface area contributed by atoms with Crippen molar-refractivity contribution in [3.05, 3.63) is 70.8 Å². The maximum atomic E-state index is 13.7. The zero-order chi connectivity index (χ0) is 20.8. The minimum atomic E-state index is -4.81. The van der Waals surface area contributed by atoms with Gasteiger partial charge in [0.2, 0.25) is 0 Å². The molecule has 0 radical (unpaired) electrons. The molecule has 0 unspecified atom stereocenters. The monoisotopic (exact) mass is 420 g/mol. The van der Waals surface area contributed by atoms with Crippen molar-refractivity contribution in [3.63, 3.8) is 0 Å². The number of hydrogen-bond donors (Lipinski definition) is 1. The number of benzene rings is 2. The molecule has 148 valence electrons. The zero-order valence-electron chi connectivity index (χ0n) is 14.8. The Labute approximate surface area is 166 Å². The van der Waals surface area contributed by atoms with E-state index in [9.17, 15) is 18.0 Å². The standard InChI is InChI=1S/C19H12ClF3N4O2/c1-10-25-15-8-12(4-7-16(15)29-10)26-18(28)14-9-24-27(17(14)19(21,22)23)13-5-2-11(20)3-6-13/h2-9H,1H3,(H,26,28). The van der Waals surface area contributed by atoms with Gasteiger partial charge in [-0.3, -0.25) is 4.79 Å². The van der Waals surface area contributed by atoms with Crippen molar-refractivity contribution in [2.24, 2.45) is 0 Å². The van der Waals surface area contributed by atoms with E-state index >= 15 is 0 Å². The van der Waals surface area contributed by atoms with E-state index in [4.69, 9.17) is 16.0 Å². The van der Waals surface area contributed by atoms with E-state index < -0.39 is 23.3 Å². The lowest BCUT2D eigenvalue weighted by atomic mass is 10.2. The van der Waals surface area contributed by atoms with Crippen LogP contribution in [0.5, 0.6) is 0 Å². The van der Waals surface area contributed by atoms with Crippen molar-refractivity contribution in [2.75, 3.05) is 5.32 Å². The summed E-state index contributed by atoms with van der Waals surface area (Å²) in [5, 5.41) is 6.58. The molecule has 2 aromatic carbocycles. The molecule has 0 saturated heterocycles. The van der Waals surface area contributed by atoms with Gasteiger partial charge in [-0.2, -0.15) is 18.3 Å². The second-order valence-electron chi connectivity index (χ2n) is 6.16. The van der Waals surface area contributed by atoms with Gasteiger partial charge in [0.15, 0.2) is 17.2 Å². The molecule has 1 amide bonds. The number of hydrogen-bond acceptors (Lipinski definition) is 4. The first-order chi connectivity index (χ1) is 13.7. The van der Waals surface area contributed by atoms with Crippen molar-refractivity contribution in [2.45, 2.75) is 13.1 Å². The number of carbonyl (C=O) groups excluding carboxylic acids is 1. The number of nitrogens with zero attached hydrogens (tertiary/aromatic N) is 3. The summed E-state index contributed by atoms with van der Waals surface area (Å²) in [7, 11) is 0. The predicted octanol–water partition coefficient (Wildman–Crippen LogP) is 5.25. The molecule has 1 N–H and O–H groups in total. The fourth-order valence-electron chi connectivity index (χ4n) is 2.88. The Morgan fingerprint density at radius 1 is 1.17 bits per heavy atom. The van der Waals surface area contributed by atoms with Crippen LogP contribution >= 0.6 is 11.6 Å². The summed E-state index contributed by atoms with van der Waals surface area (Å²) in [5.74, 6) is -0.510. The highest BCUT2D eigenvalue weighted by atomic mass is 35.5. The molecule has 0 aliphatic heterocycles. The minimum absolute atomic E-state index is 0.125. The number of aryl methyl sites for hydroxylation is 1. The third-order valence-corrected chi connectivity index (χ3v) is 4.36. The van der Waals surface area contributed by atoms with Gasteiger partial charge in [-0.05, 0) is 42.5 Å². The molecule has 0 aliphatic rings. The highest BCUT2D eigenvalue weighted by Crippen LogP contribution is 2.34. The number of fused-ring (bicyclic) bond motifs is 1. The molecule has 0 saturated carbocycles. The fourth-order valence-corrected chi connectivity index (χ4v) is 3.01. The quantitative estimate of drug-likeness (QED) is 0.491. The van der Waals surface area contributed by atoms with Gasteiger partial charge in [-0.15, -0.1) is 0 Å². The zero-order valence-corrected chi connectivity index (χ0v) is 15.5. The van der Waals surface area contributed by atoms with E-state index in [0.717, 1.165) is 6.20 Å². The Hall–Kier alpha value is -3.33. The molecule has 0 bridgehead atoms. The predicted molar refractivity (Wildman–Crippen MR) is 100 cm³/mol. The van der Waals surface area contributed by atoms with Gasteiger partial charge in [0.05, 0.1) is 17.4 Å². The molecule has 2 heterocycles. The summed E-state index contributed by atoms with van der Waals surface area (Å²) in [4.78, 5) is 16.7. The molecular formula is C19H12ClF3N4O2. The van der Waals surface area contributed by atoms with Crippen LogP contribution in [0.15, 0.2) is 53.1 Å². The topological polar surface area (TPSA) is 73.0 Å². The van der Waals surface area contributed by atoms with Crippen molar-refractivity contribution in [1.29, 1.82) is 0 Å². The van der Waals surface area contributed by atoms with Gasteiger partial charge in [-0.25, -0.2) is 9.67 Å². The van der Waals surface area contributed by atoms with Crippen LogP contribution in [-0.2, 0) is 6.18 Å². The van der Waals surface area contributed by atoms with Crippen LogP contribution in [0.1, 0.15) is 21.9 Å². The van der Waals surface area contributed by atoms with Crippen LogP contribution < -0.4 is 5.32 Å². The van der Waals surface area contributed by atoms with E-state index in [0.29, 0.717) is 26.7 Å². The van der Waals surface area contributed by atoms with Gasteiger partial charge in [0.1, 0.15) is 5.52 Å².